The molecule has 0 aliphatic heterocycles. The van der Waals surface area contributed by atoms with E-state index in [0.29, 0.717) is 29.9 Å². The molecule has 3 aromatic carbocycles. The number of carbonyl (C=O) groups is 1. The Hall–Kier alpha value is -4.04. The highest BCUT2D eigenvalue weighted by Gasteiger charge is 2.06. The van der Waals surface area contributed by atoms with Crippen LogP contribution in [0.25, 0.3) is 11.1 Å². The molecule has 0 amide bonds. The van der Waals surface area contributed by atoms with Crippen molar-refractivity contribution in [3.05, 3.63) is 95.8 Å². The molecule has 0 heterocycles. The molecule has 3 rings (SSSR count). The van der Waals surface area contributed by atoms with Crippen LogP contribution >= 0.6 is 0 Å². The first-order valence-corrected chi connectivity index (χ1v) is 12.0. The lowest BCUT2D eigenvalue weighted by Crippen LogP contribution is -2.06. The smallest absolute Gasteiger partial charge is 0.333 e. The molecule has 0 bridgehead atoms. The summed E-state index contributed by atoms with van der Waals surface area (Å²) in [6, 6.07) is 19.8. The van der Waals surface area contributed by atoms with Gasteiger partial charge in [-0.05, 0) is 86.7 Å². The lowest BCUT2D eigenvalue weighted by molar-refractivity contribution is -0.139. The van der Waals surface area contributed by atoms with Crippen molar-refractivity contribution in [1.29, 1.82) is 0 Å². The minimum atomic E-state index is -0.332. The standard InChI is InChI=1S/C31H31FO4/c1-23(2)31(33)36-21-7-5-4-6-20-35-28-15-10-24(11-16-28)8-9-25-12-19-29(30(32)22-25)26-13-17-27(34-3)18-14-26/h10-19,22H,1,4-7,20-21H2,2-3H3. The molecule has 0 aliphatic rings. The minimum absolute atomic E-state index is 0.316. The number of benzene rings is 3. The number of ether oxygens (including phenoxy) is 3. The molecule has 0 saturated heterocycles. The Labute approximate surface area is 212 Å². The van der Waals surface area contributed by atoms with Gasteiger partial charge in [0.05, 0.1) is 20.3 Å². The first-order chi connectivity index (χ1) is 17.5. The lowest BCUT2D eigenvalue weighted by Gasteiger charge is -2.07. The number of unbranched alkanes of at least 4 members (excludes halogenated alkanes) is 3. The van der Waals surface area contributed by atoms with E-state index in [0.717, 1.165) is 48.3 Å². The van der Waals surface area contributed by atoms with Gasteiger partial charge in [0.15, 0.2) is 0 Å². The van der Waals surface area contributed by atoms with Crippen molar-refractivity contribution in [2.75, 3.05) is 20.3 Å². The number of hydrogen-bond donors (Lipinski definition) is 0. The molecule has 36 heavy (non-hydrogen) atoms. The minimum Gasteiger partial charge on any atom is -0.497 e. The van der Waals surface area contributed by atoms with E-state index in [1.165, 1.54) is 6.07 Å². The summed E-state index contributed by atoms with van der Waals surface area (Å²) < 4.78 is 30.7. The molecule has 0 fully saturated rings. The van der Waals surface area contributed by atoms with E-state index in [1.807, 2.05) is 54.6 Å². The van der Waals surface area contributed by atoms with Crippen LogP contribution in [0.5, 0.6) is 11.5 Å². The molecule has 0 saturated carbocycles. The number of methoxy groups -OCH3 is 1. The second kappa shape index (κ2) is 13.7. The zero-order valence-electron chi connectivity index (χ0n) is 20.8. The van der Waals surface area contributed by atoms with Crippen LogP contribution in [-0.4, -0.2) is 26.3 Å². The molecule has 0 radical (unpaired) electrons. The highest BCUT2D eigenvalue weighted by Crippen LogP contribution is 2.25. The van der Waals surface area contributed by atoms with Gasteiger partial charge in [-0.25, -0.2) is 9.18 Å². The van der Waals surface area contributed by atoms with E-state index in [2.05, 4.69) is 18.4 Å². The Morgan fingerprint density at radius 3 is 2.08 bits per heavy atom. The van der Waals surface area contributed by atoms with Crippen LogP contribution in [0.2, 0.25) is 0 Å². The summed E-state index contributed by atoms with van der Waals surface area (Å²) in [5.74, 6) is 6.96. The van der Waals surface area contributed by atoms with Crippen LogP contribution < -0.4 is 9.47 Å². The van der Waals surface area contributed by atoms with Crippen LogP contribution in [0.4, 0.5) is 4.39 Å². The molecule has 186 valence electrons. The largest absolute Gasteiger partial charge is 0.497 e. The quantitative estimate of drug-likeness (QED) is 0.127. The molecule has 5 heteroatoms. The monoisotopic (exact) mass is 486 g/mol. The molecule has 0 aromatic heterocycles. The summed E-state index contributed by atoms with van der Waals surface area (Å²) in [6.07, 6.45) is 3.74. The van der Waals surface area contributed by atoms with Crippen LogP contribution in [0, 0.1) is 17.7 Å². The van der Waals surface area contributed by atoms with E-state index in [-0.39, 0.29) is 11.8 Å². The molecule has 0 aliphatic carbocycles. The summed E-state index contributed by atoms with van der Waals surface area (Å²) in [5, 5.41) is 0. The first-order valence-electron chi connectivity index (χ1n) is 12.0. The third-order valence-electron chi connectivity index (χ3n) is 5.46. The predicted molar refractivity (Wildman–Crippen MR) is 141 cm³/mol. The van der Waals surface area contributed by atoms with Crippen LogP contribution in [0.15, 0.2) is 78.9 Å². The van der Waals surface area contributed by atoms with Gasteiger partial charge in [-0.2, -0.15) is 0 Å². The normalized spacial score (nSPS) is 10.2. The zero-order chi connectivity index (χ0) is 25.8. The van der Waals surface area contributed by atoms with Crippen molar-refractivity contribution in [2.45, 2.75) is 32.6 Å². The van der Waals surface area contributed by atoms with Crippen molar-refractivity contribution >= 4 is 5.97 Å². The van der Waals surface area contributed by atoms with Crippen LogP contribution in [0.3, 0.4) is 0 Å². The highest BCUT2D eigenvalue weighted by atomic mass is 19.1. The van der Waals surface area contributed by atoms with Gasteiger partial charge in [0.1, 0.15) is 17.3 Å². The maximum Gasteiger partial charge on any atom is 0.333 e. The third-order valence-corrected chi connectivity index (χ3v) is 5.46. The van der Waals surface area contributed by atoms with Gasteiger partial charge >= 0.3 is 5.97 Å². The van der Waals surface area contributed by atoms with E-state index in [4.69, 9.17) is 14.2 Å². The topological polar surface area (TPSA) is 44.8 Å². The number of esters is 1. The van der Waals surface area contributed by atoms with Crippen molar-refractivity contribution in [3.63, 3.8) is 0 Å². The van der Waals surface area contributed by atoms with Gasteiger partial charge in [-0.15, -0.1) is 0 Å². The van der Waals surface area contributed by atoms with E-state index < -0.39 is 0 Å². The lowest BCUT2D eigenvalue weighted by atomic mass is 10.0. The number of carbonyl (C=O) groups excluding carboxylic acids is 1. The van der Waals surface area contributed by atoms with Gasteiger partial charge in [-0.3, -0.25) is 0 Å². The number of halogens is 1. The average Bonchev–Trinajstić information content (AvgIpc) is 2.89. The number of hydrogen-bond acceptors (Lipinski definition) is 4. The molecule has 0 N–H and O–H groups in total. The Balaban J connectivity index is 1.43. The van der Waals surface area contributed by atoms with Gasteiger partial charge in [-0.1, -0.05) is 36.6 Å². The summed E-state index contributed by atoms with van der Waals surface area (Å²) in [6.45, 7) is 6.25. The molecule has 0 unspecified atom stereocenters. The van der Waals surface area contributed by atoms with Gasteiger partial charge in [0.25, 0.3) is 0 Å². The van der Waals surface area contributed by atoms with Crippen molar-refractivity contribution < 1.29 is 23.4 Å². The van der Waals surface area contributed by atoms with Crippen molar-refractivity contribution in [3.8, 4) is 34.5 Å². The van der Waals surface area contributed by atoms with Crippen LogP contribution in [-0.2, 0) is 9.53 Å². The zero-order valence-corrected chi connectivity index (χ0v) is 20.8. The molecule has 4 nitrogen and oxygen atoms in total. The summed E-state index contributed by atoms with van der Waals surface area (Å²) in [4.78, 5) is 11.3. The maximum atomic E-state index is 14.7. The second-order valence-electron chi connectivity index (χ2n) is 8.38. The Morgan fingerprint density at radius 2 is 1.44 bits per heavy atom. The third kappa shape index (κ3) is 8.32. The van der Waals surface area contributed by atoms with Crippen LogP contribution in [0.1, 0.15) is 43.7 Å². The van der Waals surface area contributed by atoms with Crippen molar-refractivity contribution in [1.82, 2.24) is 0 Å². The summed E-state index contributed by atoms with van der Waals surface area (Å²) in [5.41, 5.74) is 3.17. The fraction of sp³-hybridized carbons (Fsp3) is 0.258. The van der Waals surface area contributed by atoms with E-state index in [9.17, 15) is 9.18 Å². The Morgan fingerprint density at radius 1 is 0.833 bits per heavy atom. The summed E-state index contributed by atoms with van der Waals surface area (Å²) in [7, 11) is 1.60. The van der Waals surface area contributed by atoms with E-state index >= 15 is 0 Å². The van der Waals surface area contributed by atoms with E-state index in [1.54, 1.807) is 20.1 Å². The maximum absolute atomic E-state index is 14.7. The SMILES string of the molecule is C=C(C)C(=O)OCCCCCCOc1ccc(C#Cc2ccc(-c3ccc(OC)cc3)c(F)c2)cc1. The van der Waals surface area contributed by atoms with Gasteiger partial charge in [0, 0.05) is 22.3 Å². The highest BCUT2D eigenvalue weighted by molar-refractivity contribution is 5.86. The van der Waals surface area contributed by atoms with Crippen molar-refractivity contribution in [2.24, 2.45) is 0 Å². The van der Waals surface area contributed by atoms with Gasteiger partial charge in [0.2, 0.25) is 0 Å². The average molecular weight is 487 g/mol. The molecule has 0 spiro atoms. The molecule has 0 atom stereocenters. The fourth-order valence-corrected chi connectivity index (χ4v) is 3.41. The predicted octanol–water partition coefficient (Wildman–Crippen LogP) is 6.96. The number of rotatable bonds is 11. The van der Waals surface area contributed by atoms with Gasteiger partial charge < -0.3 is 14.2 Å². The molecular formula is C31H31FO4. The molecule has 3 aromatic rings. The molecular weight excluding hydrogens is 455 g/mol. The summed E-state index contributed by atoms with van der Waals surface area (Å²) >= 11 is 0. The Bertz CT molecular complexity index is 1220. The Kier molecular flexibility index (Phi) is 10.1. The first kappa shape index (κ1) is 26.6. The fourth-order valence-electron chi connectivity index (χ4n) is 3.41. The second-order valence-corrected chi connectivity index (χ2v) is 8.38.